The Morgan fingerprint density at radius 2 is 2.10 bits per heavy atom. The maximum absolute atomic E-state index is 12.8. The van der Waals surface area contributed by atoms with E-state index in [9.17, 15) is 9.59 Å². The molecule has 2 aliphatic carbocycles. The zero-order valence-corrected chi connectivity index (χ0v) is 11.5. The highest BCUT2D eigenvalue weighted by molar-refractivity contribution is 6.12. The zero-order valence-electron chi connectivity index (χ0n) is 11.5. The van der Waals surface area contributed by atoms with Crippen molar-refractivity contribution in [1.29, 1.82) is 0 Å². The number of aromatic nitrogens is 1. The monoisotopic (exact) mass is 267 g/mol. The van der Waals surface area contributed by atoms with E-state index < -0.39 is 0 Å². The number of rotatable bonds is 2. The van der Waals surface area contributed by atoms with Gasteiger partial charge >= 0.3 is 0 Å². The Kier molecular flexibility index (Phi) is 2.40. The van der Waals surface area contributed by atoms with Gasteiger partial charge in [-0.05, 0) is 24.8 Å². The smallest absolute Gasteiger partial charge is 0.169 e. The number of carbonyl (C=O) groups is 2. The Bertz CT molecular complexity index is 728. The lowest BCUT2D eigenvalue weighted by molar-refractivity contribution is -0.121. The van der Waals surface area contributed by atoms with E-state index in [-0.39, 0.29) is 17.6 Å². The van der Waals surface area contributed by atoms with Crippen molar-refractivity contribution in [3.63, 3.8) is 0 Å². The molecule has 0 amide bonds. The molecule has 3 atom stereocenters. The van der Waals surface area contributed by atoms with Gasteiger partial charge in [0.2, 0.25) is 0 Å². The number of carbonyl (C=O) groups excluding carboxylic acids is 2. The van der Waals surface area contributed by atoms with Crippen molar-refractivity contribution in [2.75, 3.05) is 0 Å². The van der Waals surface area contributed by atoms with Crippen LogP contribution in [0.4, 0.5) is 0 Å². The number of hydrogen-bond donors (Lipinski definition) is 0. The van der Waals surface area contributed by atoms with Gasteiger partial charge in [0.05, 0.1) is 0 Å². The van der Waals surface area contributed by atoms with Gasteiger partial charge in [-0.25, -0.2) is 0 Å². The second kappa shape index (κ2) is 4.05. The van der Waals surface area contributed by atoms with Gasteiger partial charge in [0.25, 0.3) is 0 Å². The van der Waals surface area contributed by atoms with Gasteiger partial charge in [-0.1, -0.05) is 18.2 Å². The van der Waals surface area contributed by atoms with E-state index in [0.717, 1.165) is 29.3 Å². The molecule has 102 valence electrons. The summed E-state index contributed by atoms with van der Waals surface area (Å²) in [4.78, 5) is 24.7. The molecule has 0 saturated heterocycles. The van der Waals surface area contributed by atoms with E-state index in [1.54, 1.807) is 0 Å². The van der Waals surface area contributed by atoms with Crippen LogP contribution in [-0.4, -0.2) is 16.1 Å². The molecule has 3 nitrogen and oxygen atoms in total. The normalized spacial score (nSPS) is 28.4. The predicted octanol–water partition coefficient (Wildman–Crippen LogP) is 2.98. The predicted molar refractivity (Wildman–Crippen MR) is 76.6 cm³/mol. The van der Waals surface area contributed by atoms with Gasteiger partial charge in [-0.2, -0.15) is 0 Å². The number of hydrogen-bond acceptors (Lipinski definition) is 2. The second-order valence-corrected chi connectivity index (χ2v) is 6.11. The van der Waals surface area contributed by atoms with E-state index in [1.807, 2.05) is 42.1 Å². The van der Waals surface area contributed by atoms with Gasteiger partial charge in [0, 0.05) is 48.0 Å². The largest absolute Gasteiger partial charge is 0.350 e. The number of benzene rings is 1. The van der Waals surface area contributed by atoms with Gasteiger partial charge in [0.1, 0.15) is 5.78 Å². The van der Waals surface area contributed by atoms with E-state index in [1.165, 1.54) is 0 Å². The van der Waals surface area contributed by atoms with Crippen molar-refractivity contribution in [2.45, 2.75) is 19.3 Å². The Hall–Kier alpha value is -1.90. The van der Waals surface area contributed by atoms with Crippen molar-refractivity contribution in [3.05, 3.63) is 36.0 Å². The fourth-order valence-electron chi connectivity index (χ4n) is 3.93. The summed E-state index contributed by atoms with van der Waals surface area (Å²) in [7, 11) is 1.96. The minimum atomic E-state index is -0.0455. The molecule has 0 bridgehead atoms. The molecule has 2 saturated carbocycles. The van der Waals surface area contributed by atoms with E-state index >= 15 is 0 Å². The number of aryl methyl sites for hydroxylation is 1. The number of fused-ring (bicyclic) bond motifs is 2. The topological polar surface area (TPSA) is 39.1 Å². The molecule has 2 aromatic rings. The van der Waals surface area contributed by atoms with Crippen LogP contribution in [0.25, 0.3) is 10.9 Å². The van der Waals surface area contributed by atoms with Crippen LogP contribution < -0.4 is 0 Å². The average Bonchev–Trinajstić information content (AvgIpc) is 3.11. The standard InChI is InChI=1S/C17H17NO2/c1-18-9-12(10-5-2-3-7-13(10)18)17(20)16-11-6-4-8-14(19)15(11)16/h2-3,5,7,9,11,15-16H,4,6,8H2,1H3/t11-,15-,16+/m1/s1. The summed E-state index contributed by atoms with van der Waals surface area (Å²) < 4.78 is 2.00. The molecule has 3 heteroatoms. The molecule has 0 aliphatic heterocycles. The highest BCUT2D eigenvalue weighted by Gasteiger charge is 2.59. The lowest BCUT2D eigenvalue weighted by Crippen LogP contribution is -2.09. The van der Waals surface area contributed by atoms with Crippen molar-refractivity contribution in [1.82, 2.24) is 4.57 Å². The molecule has 20 heavy (non-hydrogen) atoms. The molecule has 1 aromatic carbocycles. The number of para-hydroxylation sites is 1. The molecule has 1 aromatic heterocycles. The Balaban J connectivity index is 1.74. The summed E-state index contributed by atoms with van der Waals surface area (Å²) in [5, 5.41) is 1.01. The third-order valence-electron chi connectivity index (χ3n) is 4.97. The minimum absolute atomic E-state index is 0.0234. The molecule has 0 radical (unpaired) electrons. The van der Waals surface area contributed by atoms with Crippen LogP contribution in [-0.2, 0) is 11.8 Å². The van der Waals surface area contributed by atoms with Crippen molar-refractivity contribution >= 4 is 22.5 Å². The Morgan fingerprint density at radius 1 is 1.30 bits per heavy atom. The summed E-state index contributed by atoms with van der Waals surface area (Å²) in [5.74, 6) is 0.778. The van der Waals surface area contributed by atoms with E-state index in [4.69, 9.17) is 0 Å². The molecule has 0 spiro atoms. The third kappa shape index (κ3) is 1.52. The van der Waals surface area contributed by atoms with Crippen LogP contribution in [0.15, 0.2) is 30.5 Å². The second-order valence-electron chi connectivity index (χ2n) is 6.11. The molecule has 4 rings (SSSR count). The average molecular weight is 267 g/mol. The number of nitrogens with zero attached hydrogens (tertiary/aromatic N) is 1. The quantitative estimate of drug-likeness (QED) is 0.785. The van der Waals surface area contributed by atoms with Gasteiger partial charge < -0.3 is 4.57 Å². The molecule has 0 N–H and O–H groups in total. The zero-order chi connectivity index (χ0) is 13.9. The lowest BCUT2D eigenvalue weighted by atomic mass is 10.00. The maximum Gasteiger partial charge on any atom is 0.169 e. The fraction of sp³-hybridized carbons (Fsp3) is 0.412. The van der Waals surface area contributed by atoms with E-state index in [2.05, 4.69) is 0 Å². The number of Topliss-reactive ketones (excluding diaryl/α,β-unsaturated/α-hetero) is 2. The van der Waals surface area contributed by atoms with E-state index in [0.29, 0.717) is 18.1 Å². The molecule has 1 heterocycles. The summed E-state index contributed by atoms with van der Waals surface area (Å²) in [6, 6.07) is 7.97. The first-order valence-corrected chi connectivity index (χ1v) is 7.29. The van der Waals surface area contributed by atoms with Crippen LogP contribution in [0.3, 0.4) is 0 Å². The van der Waals surface area contributed by atoms with Crippen LogP contribution in [0.5, 0.6) is 0 Å². The summed E-state index contributed by atoms with van der Waals surface area (Å²) in [6.07, 6.45) is 4.58. The van der Waals surface area contributed by atoms with Crippen LogP contribution in [0, 0.1) is 17.8 Å². The molecular weight excluding hydrogens is 250 g/mol. The van der Waals surface area contributed by atoms with Gasteiger partial charge in [0.15, 0.2) is 5.78 Å². The Labute approximate surface area is 117 Å². The summed E-state index contributed by atoms with van der Waals surface area (Å²) in [5.41, 5.74) is 1.86. The van der Waals surface area contributed by atoms with Crippen LogP contribution in [0.1, 0.15) is 29.6 Å². The first kappa shape index (κ1) is 11.9. The highest BCUT2D eigenvalue weighted by Crippen LogP contribution is 2.55. The lowest BCUT2D eigenvalue weighted by Gasteiger charge is -2.04. The van der Waals surface area contributed by atoms with Crippen molar-refractivity contribution in [2.24, 2.45) is 24.8 Å². The molecule has 0 unspecified atom stereocenters. The van der Waals surface area contributed by atoms with Crippen LogP contribution in [0.2, 0.25) is 0 Å². The first-order chi connectivity index (χ1) is 9.68. The minimum Gasteiger partial charge on any atom is -0.350 e. The van der Waals surface area contributed by atoms with Crippen molar-refractivity contribution < 1.29 is 9.59 Å². The summed E-state index contributed by atoms with van der Waals surface area (Å²) >= 11 is 0. The molecule has 2 aliphatic rings. The van der Waals surface area contributed by atoms with Crippen molar-refractivity contribution in [3.8, 4) is 0 Å². The van der Waals surface area contributed by atoms with Gasteiger partial charge in [-0.3, -0.25) is 9.59 Å². The highest BCUT2D eigenvalue weighted by atomic mass is 16.1. The van der Waals surface area contributed by atoms with Crippen LogP contribution >= 0.6 is 0 Å². The first-order valence-electron chi connectivity index (χ1n) is 7.29. The molecular formula is C17H17NO2. The summed E-state index contributed by atoms with van der Waals surface area (Å²) in [6.45, 7) is 0. The number of ketones is 2. The third-order valence-corrected chi connectivity index (χ3v) is 4.97. The van der Waals surface area contributed by atoms with Gasteiger partial charge in [-0.15, -0.1) is 0 Å². The molecule has 2 fully saturated rings. The fourth-order valence-corrected chi connectivity index (χ4v) is 3.93. The maximum atomic E-state index is 12.8. The SMILES string of the molecule is Cn1cc(C(=O)[C@H]2[C@@H]3CCCC(=O)[C@@H]32)c2ccccc21. The Morgan fingerprint density at radius 3 is 2.90 bits per heavy atom.